The summed E-state index contributed by atoms with van der Waals surface area (Å²) >= 11 is 0. The number of ether oxygens (including phenoxy) is 1. The Morgan fingerprint density at radius 2 is 1.78 bits per heavy atom. The largest absolute Gasteiger partial charge is 0.484 e. The zero-order valence-corrected chi connectivity index (χ0v) is 14.8. The second kappa shape index (κ2) is 9.40. The van der Waals surface area contributed by atoms with Crippen molar-refractivity contribution in [2.24, 2.45) is 0 Å². The Morgan fingerprint density at radius 3 is 2.33 bits per heavy atom. The van der Waals surface area contributed by atoms with Crippen molar-refractivity contribution in [2.75, 3.05) is 45.9 Å². The van der Waals surface area contributed by atoms with E-state index in [1.807, 2.05) is 4.90 Å². The molecule has 6 nitrogen and oxygen atoms in total. The van der Waals surface area contributed by atoms with Gasteiger partial charge in [-0.25, -0.2) is 0 Å². The van der Waals surface area contributed by atoms with Gasteiger partial charge in [0.1, 0.15) is 5.75 Å². The van der Waals surface area contributed by atoms with Crippen LogP contribution in [0, 0.1) is 0 Å². The van der Waals surface area contributed by atoms with Crippen LogP contribution < -0.4 is 10.1 Å². The zero-order valence-electron chi connectivity index (χ0n) is 14.8. The number of carbonyl (C=O) groups excluding carboxylic acids is 2. The number of rotatable bonds is 7. The first kappa shape index (κ1) is 20.8. The van der Waals surface area contributed by atoms with Crippen molar-refractivity contribution in [2.45, 2.75) is 6.18 Å². The molecular formula is C18H22F3N3O3. The molecule has 148 valence electrons. The van der Waals surface area contributed by atoms with Crippen LogP contribution in [0.2, 0.25) is 0 Å². The molecule has 9 heteroatoms. The van der Waals surface area contributed by atoms with E-state index in [0.717, 1.165) is 12.1 Å². The molecule has 1 aliphatic heterocycles. The highest BCUT2D eigenvalue weighted by atomic mass is 19.4. The van der Waals surface area contributed by atoms with Gasteiger partial charge in [-0.05, 0) is 24.3 Å². The first-order valence-electron chi connectivity index (χ1n) is 8.47. The molecule has 1 N–H and O–H groups in total. The van der Waals surface area contributed by atoms with E-state index in [0.29, 0.717) is 32.7 Å². The average Bonchev–Trinajstić information content (AvgIpc) is 2.64. The molecule has 0 aliphatic carbocycles. The summed E-state index contributed by atoms with van der Waals surface area (Å²) in [7, 11) is 0. The SMILES string of the molecule is C=CCNC(=O)CN1CCN(C(=O)COc2ccc(C(F)(F)F)cc2)CC1. The van der Waals surface area contributed by atoms with E-state index in [9.17, 15) is 22.8 Å². The molecule has 0 radical (unpaired) electrons. The summed E-state index contributed by atoms with van der Waals surface area (Å²) in [6.07, 6.45) is -2.80. The van der Waals surface area contributed by atoms with Crippen LogP contribution in [0.5, 0.6) is 5.75 Å². The lowest BCUT2D eigenvalue weighted by Crippen LogP contribution is -2.52. The van der Waals surface area contributed by atoms with E-state index in [-0.39, 0.29) is 30.7 Å². The van der Waals surface area contributed by atoms with Crippen LogP contribution in [0.1, 0.15) is 5.56 Å². The molecule has 2 amide bonds. The maximum absolute atomic E-state index is 12.5. The Bertz CT molecular complexity index is 654. The number of amides is 2. The number of halogens is 3. The summed E-state index contributed by atoms with van der Waals surface area (Å²) in [6, 6.07) is 4.21. The Kier molecular flexibility index (Phi) is 7.23. The van der Waals surface area contributed by atoms with Crippen molar-refractivity contribution >= 4 is 11.8 Å². The number of hydrogen-bond acceptors (Lipinski definition) is 4. The van der Waals surface area contributed by atoms with Gasteiger partial charge in [-0.2, -0.15) is 13.2 Å². The van der Waals surface area contributed by atoms with Crippen molar-refractivity contribution < 1.29 is 27.5 Å². The van der Waals surface area contributed by atoms with Crippen LogP contribution in [0.3, 0.4) is 0 Å². The summed E-state index contributed by atoms with van der Waals surface area (Å²) in [5, 5.41) is 2.70. The third-order valence-electron chi connectivity index (χ3n) is 4.08. The Balaban J connectivity index is 1.73. The number of nitrogens with zero attached hydrogens (tertiary/aromatic N) is 2. The fourth-order valence-electron chi connectivity index (χ4n) is 2.58. The smallest absolute Gasteiger partial charge is 0.416 e. The highest BCUT2D eigenvalue weighted by molar-refractivity contribution is 5.79. The van der Waals surface area contributed by atoms with Gasteiger partial charge in [0, 0.05) is 32.7 Å². The highest BCUT2D eigenvalue weighted by Crippen LogP contribution is 2.30. The molecule has 0 spiro atoms. The molecule has 0 unspecified atom stereocenters. The number of hydrogen-bond donors (Lipinski definition) is 1. The number of alkyl halides is 3. The number of carbonyl (C=O) groups is 2. The molecule has 0 saturated carbocycles. The lowest BCUT2D eigenvalue weighted by Gasteiger charge is -2.34. The predicted molar refractivity (Wildman–Crippen MR) is 93.2 cm³/mol. The molecule has 1 aromatic rings. The van der Waals surface area contributed by atoms with Crippen molar-refractivity contribution in [3.05, 3.63) is 42.5 Å². The highest BCUT2D eigenvalue weighted by Gasteiger charge is 2.30. The van der Waals surface area contributed by atoms with Crippen molar-refractivity contribution in [1.82, 2.24) is 15.1 Å². The van der Waals surface area contributed by atoms with Gasteiger partial charge in [0.25, 0.3) is 5.91 Å². The number of nitrogens with one attached hydrogen (secondary N) is 1. The van der Waals surface area contributed by atoms with E-state index in [2.05, 4.69) is 11.9 Å². The summed E-state index contributed by atoms with van der Waals surface area (Å²) in [4.78, 5) is 27.4. The van der Waals surface area contributed by atoms with Gasteiger partial charge in [-0.1, -0.05) is 6.08 Å². The van der Waals surface area contributed by atoms with Gasteiger partial charge < -0.3 is 15.0 Å². The monoisotopic (exact) mass is 385 g/mol. The van der Waals surface area contributed by atoms with Gasteiger partial charge in [0.2, 0.25) is 5.91 Å². The fourth-order valence-corrected chi connectivity index (χ4v) is 2.58. The quantitative estimate of drug-likeness (QED) is 0.724. The third kappa shape index (κ3) is 6.59. The van der Waals surface area contributed by atoms with Crippen molar-refractivity contribution in [3.8, 4) is 5.75 Å². The van der Waals surface area contributed by atoms with Crippen LogP contribution in [-0.4, -0.2) is 67.5 Å². The maximum atomic E-state index is 12.5. The van der Waals surface area contributed by atoms with E-state index in [1.54, 1.807) is 11.0 Å². The Hall–Kier alpha value is -2.55. The van der Waals surface area contributed by atoms with E-state index in [4.69, 9.17) is 4.74 Å². The molecule has 1 fully saturated rings. The molecule has 1 aromatic carbocycles. The van der Waals surface area contributed by atoms with Crippen LogP contribution in [0.15, 0.2) is 36.9 Å². The summed E-state index contributed by atoms with van der Waals surface area (Å²) in [5.41, 5.74) is -0.769. The molecule has 1 saturated heterocycles. The molecule has 1 aliphatic rings. The van der Waals surface area contributed by atoms with Crippen LogP contribution in [0.4, 0.5) is 13.2 Å². The van der Waals surface area contributed by atoms with E-state index < -0.39 is 11.7 Å². The average molecular weight is 385 g/mol. The summed E-state index contributed by atoms with van der Waals surface area (Å²) < 4.78 is 42.8. The van der Waals surface area contributed by atoms with Gasteiger partial charge in [0.15, 0.2) is 6.61 Å². The predicted octanol–water partition coefficient (Wildman–Crippen LogP) is 1.53. The minimum Gasteiger partial charge on any atom is -0.484 e. The molecule has 0 bridgehead atoms. The second-order valence-corrected chi connectivity index (χ2v) is 6.06. The summed E-state index contributed by atoms with van der Waals surface area (Å²) in [6.45, 7) is 6.01. The maximum Gasteiger partial charge on any atom is 0.416 e. The zero-order chi connectivity index (χ0) is 19.9. The standard InChI is InChI=1S/C18H22F3N3O3/c1-2-7-22-16(25)12-23-8-10-24(11-9-23)17(26)13-27-15-5-3-14(4-6-15)18(19,20)21/h2-6H,1,7-13H2,(H,22,25). The molecule has 0 aromatic heterocycles. The van der Waals surface area contributed by atoms with Crippen molar-refractivity contribution in [1.29, 1.82) is 0 Å². The molecule has 27 heavy (non-hydrogen) atoms. The van der Waals surface area contributed by atoms with E-state index >= 15 is 0 Å². The number of benzene rings is 1. The Labute approximate surface area is 155 Å². The lowest BCUT2D eigenvalue weighted by molar-refractivity contribution is -0.138. The van der Waals surface area contributed by atoms with Crippen LogP contribution >= 0.6 is 0 Å². The third-order valence-corrected chi connectivity index (χ3v) is 4.08. The first-order valence-corrected chi connectivity index (χ1v) is 8.47. The Morgan fingerprint density at radius 1 is 1.15 bits per heavy atom. The fraction of sp³-hybridized carbons (Fsp3) is 0.444. The molecular weight excluding hydrogens is 363 g/mol. The van der Waals surface area contributed by atoms with Gasteiger partial charge in [-0.15, -0.1) is 6.58 Å². The van der Waals surface area contributed by atoms with Gasteiger partial charge in [-0.3, -0.25) is 14.5 Å². The molecule has 0 atom stereocenters. The summed E-state index contributed by atoms with van der Waals surface area (Å²) in [5.74, 6) is -0.139. The number of piperazine rings is 1. The van der Waals surface area contributed by atoms with Crippen LogP contribution in [-0.2, 0) is 15.8 Å². The van der Waals surface area contributed by atoms with Crippen LogP contribution in [0.25, 0.3) is 0 Å². The lowest BCUT2D eigenvalue weighted by atomic mass is 10.2. The minimum atomic E-state index is -4.41. The minimum absolute atomic E-state index is 0.0969. The van der Waals surface area contributed by atoms with Gasteiger partial charge >= 0.3 is 6.18 Å². The normalized spacial score (nSPS) is 15.3. The van der Waals surface area contributed by atoms with E-state index in [1.165, 1.54) is 12.1 Å². The van der Waals surface area contributed by atoms with Gasteiger partial charge in [0.05, 0.1) is 12.1 Å². The molecule has 2 rings (SSSR count). The molecule has 1 heterocycles. The van der Waals surface area contributed by atoms with Crippen molar-refractivity contribution in [3.63, 3.8) is 0 Å². The topological polar surface area (TPSA) is 61.9 Å². The first-order chi connectivity index (χ1) is 12.8. The second-order valence-electron chi connectivity index (χ2n) is 6.06.